The van der Waals surface area contributed by atoms with Gasteiger partial charge in [0.25, 0.3) is 0 Å². The van der Waals surface area contributed by atoms with Crippen molar-refractivity contribution in [2.75, 3.05) is 26.9 Å². The predicted octanol–water partition coefficient (Wildman–Crippen LogP) is -0.488. The van der Waals surface area contributed by atoms with Gasteiger partial charge in [0.1, 0.15) is 0 Å². The van der Waals surface area contributed by atoms with Gasteiger partial charge in [-0.05, 0) is 0 Å². The molecule has 0 radical (unpaired) electrons. The lowest BCUT2D eigenvalue weighted by molar-refractivity contribution is -0.163. The Morgan fingerprint density at radius 1 is 1.50 bits per heavy atom. The van der Waals surface area contributed by atoms with Crippen LogP contribution in [0, 0.1) is 0 Å². The Labute approximate surface area is 48.2 Å². The maximum absolute atomic E-state index is 8.74. The van der Waals surface area contributed by atoms with Crippen LogP contribution in [0.3, 0.4) is 0 Å². The van der Waals surface area contributed by atoms with Gasteiger partial charge in [-0.25, -0.2) is 0 Å². The molecule has 0 aromatic heterocycles. The fourth-order valence-electron chi connectivity index (χ4n) is 0.699. The average molecular weight is 118 g/mol. The zero-order valence-corrected chi connectivity index (χ0v) is 4.87. The predicted molar refractivity (Wildman–Crippen MR) is 27.1 cm³/mol. The Morgan fingerprint density at radius 3 is 2.50 bits per heavy atom. The summed E-state index contributed by atoms with van der Waals surface area (Å²) in [6.07, 6.45) is 0. The Hall–Kier alpha value is -0.160. The summed E-state index contributed by atoms with van der Waals surface area (Å²) in [6, 6.07) is 0. The third-order valence-corrected chi connectivity index (χ3v) is 1.19. The van der Waals surface area contributed by atoms with E-state index in [1.807, 2.05) is 0 Å². The molecular weight excluding hydrogens is 108 g/mol. The second-order valence-electron chi connectivity index (χ2n) is 1.76. The summed E-state index contributed by atoms with van der Waals surface area (Å²) in [5, 5.41) is 11.6. The smallest absolute Gasteiger partial charge is 0.0998 e. The summed E-state index contributed by atoms with van der Waals surface area (Å²) < 4.78 is 0. The molecule has 0 amide bonds. The minimum atomic E-state index is 0.497. The lowest BCUT2D eigenvalue weighted by Crippen LogP contribution is -2.21. The first-order valence-corrected chi connectivity index (χ1v) is 2.56. The summed E-state index contributed by atoms with van der Waals surface area (Å²) in [4.78, 5) is 4.81. The van der Waals surface area contributed by atoms with Gasteiger partial charge in [0, 0.05) is 13.1 Å². The molecule has 48 valence electrons. The molecule has 0 unspecified atom stereocenters. The Morgan fingerprint density at radius 2 is 2.25 bits per heavy atom. The van der Waals surface area contributed by atoms with E-state index in [1.54, 1.807) is 12.2 Å². The van der Waals surface area contributed by atoms with Gasteiger partial charge >= 0.3 is 0 Å². The lowest BCUT2D eigenvalue weighted by Gasteiger charge is -2.09. The van der Waals surface area contributed by atoms with Crippen molar-refractivity contribution in [3.05, 3.63) is 0 Å². The molecule has 4 heteroatoms. The van der Waals surface area contributed by atoms with Crippen molar-refractivity contribution >= 4 is 0 Å². The molecule has 1 aliphatic rings. The molecule has 1 heterocycles. The highest BCUT2D eigenvalue weighted by Gasteiger charge is 2.16. The highest BCUT2D eigenvalue weighted by atomic mass is 16.7. The van der Waals surface area contributed by atoms with Crippen molar-refractivity contribution in [3.63, 3.8) is 0 Å². The first kappa shape index (κ1) is 5.97. The standard InChI is InChI=1S/C4H10N2O2/c1-8-6-3-2-5(7)4-6/h7H,2-4H2,1H3. The van der Waals surface area contributed by atoms with Crippen LogP contribution < -0.4 is 0 Å². The SMILES string of the molecule is CON1CCN(O)C1. The summed E-state index contributed by atoms with van der Waals surface area (Å²) in [5.74, 6) is 0. The first-order valence-electron chi connectivity index (χ1n) is 2.56. The van der Waals surface area contributed by atoms with E-state index in [2.05, 4.69) is 0 Å². The van der Waals surface area contributed by atoms with Crippen LogP contribution in [0.2, 0.25) is 0 Å². The molecule has 0 aromatic rings. The zero-order chi connectivity index (χ0) is 5.98. The van der Waals surface area contributed by atoms with E-state index < -0.39 is 0 Å². The summed E-state index contributed by atoms with van der Waals surface area (Å²) >= 11 is 0. The van der Waals surface area contributed by atoms with Crippen molar-refractivity contribution in [2.45, 2.75) is 0 Å². The largest absolute Gasteiger partial charge is 0.313 e. The molecule has 0 saturated carbocycles. The van der Waals surface area contributed by atoms with Gasteiger partial charge in [-0.2, -0.15) is 10.1 Å². The van der Waals surface area contributed by atoms with E-state index in [-0.39, 0.29) is 0 Å². The fourth-order valence-corrected chi connectivity index (χ4v) is 0.699. The van der Waals surface area contributed by atoms with Crippen LogP contribution in [0.25, 0.3) is 0 Å². The van der Waals surface area contributed by atoms with E-state index in [0.717, 1.165) is 6.54 Å². The molecule has 1 saturated heterocycles. The van der Waals surface area contributed by atoms with E-state index in [0.29, 0.717) is 13.2 Å². The minimum Gasteiger partial charge on any atom is -0.313 e. The topological polar surface area (TPSA) is 35.9 Å². The van der Waals surface area contributed by atoms with Gasteiger partial charge in [-0.15, -0.1) is 0 Å². The third kappa shape index (κ3) is 1.16. The van der Waals surface area contributed by atoms with Crippen molar-refractivity contribution in [2.24, 2.45) is 0 Å². The van der Waals surface area contributed by atoms with Gasteiger partial charge in [-0.3, -0.25) is 0 Å². The number of nitrogens with zero attached hydrogens (tertiary/aromatic N) is 2. The average Bonchev–Trinajstić information content (AvgIpc) is 2.14. The monoisotopic (exact) mass is 118 g/mol. The highest BCUT2D eigenvalue weighted by molar-refractivity contribution is 4.54. The van der Waals surface area contributed by atoms with E-state index in [9.17, 15) is 0 Å². The number of hydrogen-bond acceptors (Lipinski definition) is 4. The van der Waals surface area contributed by atoms with Gasteiger partial charge in [0.15, 0.2) is 0 Å². The van der Waals surface area contributed by atoms with Crippen molar-refractivity contribution in [1.29, 1.82) is 0 Å². The Bertz CT molecular complexity index is 78.4. The van der Waals surface area contributed by atoms with Crippen LogP contribution in [-0.2, 0) is 4.84 Å². The Kier molecular flexibility index (Phi) is 1.80. The van der Waals surface area contributed by atoms with Gasteiger partial charge in [0.2, 0.25) is 0 Å². The molecule has 8 heavy (non-hydrogen) atoms. The number of rotatable bonds is 1. The molecule has 4 nitrogen and oxygen atoms in total. The van der Waals surface area contributed by atoms with Crippen molar-refractivity contribution < 1.29 is 10.0 Å². The van der Waals surface area contributed by atoms with Crippen molar-refractivity contribution in [3.8, 4) is 0 Å². The number of hydrogen-bond donors (Lipinski definition) is 1. The summed E-state index contributed by atoms with van der Waals surface area (Å²) in [6.45, 7) is 1.96. The minimum absolute atomic E-state index is 0.497. The second-order valence-corrected chi connectivity index (χ2v) is 1.76. The van der Waals surface area contributed by atoms with Crippen LogP contribution >= 0.6 is 0 Å². The normalized spacial score (nSPS) is 24.8. The molecule has 1 fully saturated rings. The van der Waals surface area contributed by atoms with Crippen LogP contribution in [-0.4, -0.2) is 42.2 Å². The quantitative estimate of drug-likeness (QED) is 0.504. The van der Waals surface area contributed by atoms with Crippen LogP contribution in [0.5, 0.6) is 0 Å². The molecule has 0 aliphatic carbocycles. The molecular formula is C4H10N2O2. The van der Waals surface area contributed by atoms with Crippen LogP contribution in [0.15, 0.2) is 0 Å². The van der Waals surface area contributed by atoms with Crippen molar-refractivity contribution in [1.82, 2.24) is 10.1 Å². The zero-order valence-electron chi connectivity index (χ0n) is 4.87. The van der Waals surface area contributed by atoms with Gasteiger partial charge in [0.05, 0.1) is 13.8 Å². The van der Waals surface area contributed by atoms with E-state index in [4.69, 9.17) is 10.0 Å². The van der Waals surface area contributed by atoms with E-state index >= 15 is 0 Å². The fraction of sp³-hybridized carbons (Fsp3) is 1.00. The van der Waals surface area contributed by atoms with E-state index in [1.165, 1.54) is 5.06 Å². The van der Waals surface area contributed by atoms with Crippen LogP contribution in [0.1, 0.15) is 0 Å². The maximum atomic E-state index is 8.74. The lowest BCUT2D eigenvalue weighted by atomic mass is 10.7. The molecule has 1 rings (SSSR count). The molecule has 1 N–H and O–H groups in total. The van der Waals surface area contributed by atoms with Gasteiger partial charge in [-0.1, -0.05) is 0 Å². The second kappa shape index (κ2) is 2.41. The Balaban J connectivity index is 2.22. The molecule has 1 aliphatic heterocycles. The number of hydroxylamine groups is 4. The third-order valence-electron chi connectivity index (χ3n) is 1.19. The molecule has 0 atom stereocenters. The summed E-state index contributed by atoms with van der Waals surface area (Å²) in [7, 11) is 1.60. The van der Waals surface area contributed by atoms with Gasteiger partial charge < -0.3 is 10.0 Å². The molecule has 0 aromatic carbocycles. The summed E-state index contributed by atoms with van der Waals surface area (Å²) in [5.41, 5.74) is 0. The molecule has 0 spiro atoms. The maximum Gasteiger partial charge on any atom is 0.0998 e. The highest BCUT2D eigenvalue weighted by Crippen LogP contribution is 1.99. The van der Waals surface area contributed by atoms with Crippen LogP contribution in [0.4, 0.5) is 0 Å². The first-order chi connectivity index (χ1) is 3.83. The molecule has 0 bridgehead atoms.